The molecule has 0 aromatic rings. The van der Waals surface area contributed by atoms with E-state index in [1.165, 1.54) is 10.4 Å². The number of allylic oxidation sites excluding steroid dienone is 3. The van der Waals surface area contributed by atoms with E-state index >= 15 is 0 Å². The van der Waals surface area contributed by atoms with Crippen LogP contribution in [0.3, 0.4) is 0 Å². The van der Waals surface area contributed by atoms with Crippen LogP contribution in [0, 0.1) is 16.7 Å². The lowest BCUT2D eigenvalue weighted by molar-refractivity contribution is -0.124. The van der Waals surface area contributed by atoms with Crippen molar-refractivity contribution in [2.75, 3.05) is 5.75 Å². The lowest BCUT2D eigenvalue weighted by Crippen LogP contribution is -2.43. The molecule has 3 fully saturated rings. The number of unbranched alkanes of at least 4 members (excludes halogenated alkanes) is 2. The number of rotatable bonds is 6. The van der Waals surface area contributed by atoms with Crippen LogP contribution < -0.4 is 0 Å². The Kier molecular flexibility index (Phi) is 4.91. The summed E-state index contributed by atoms with van der Waals surface area (Å²) in [5.74, 6) is 0.349. The van der Waals surface area contributed by atoms with E-state index in [0.29, 0.717) is 5.92 Å². The number of fused-ring (bicyclic) bond motifs is 1. The molecule has 0 unspecified atom stereocenters. The summed E-state index contributed by atoms with van der Waals surface area (Å²) in [6.45, 7) is 6.51. The average Bonchev–Trinajstić information content (AvgIpc) is 3.01. The Morgan fingerprint density at radius 1 is 1.20 bits per heavy atom. The molecule has 3 rings (SSSR count). The van der Waals surface area contributed by atoms with Crippen molar-refractivity contribution in [3.63, 3.8) is 0 Å². The van der Waals surface area contributed by atoms with Crippen LogP contribution in [0.15, 0.2) is 24.3 Å². The third-order valence-electron chi connectivity index (χ3n) is 7.03. The predicted octanol–water partition coefficient (Wildman–Crippen LogP) is 4.05. The van der Waals surface area contributed by atoms with Crippen LogP contribution >= 0.6 is 0 Å². The molecule has 0 aromatic heterocycles. The first kappa shape index (κ1) is 18.7. The average molecular weight is 366 g/mol. The van der Waals surface area contributed by atoms with Crippen molar-refractivity contribution in [2.45, 2.75) is 71.8 Å². The van der Waals surface area contributed by atoms with E-state index in [1.54, 1.807) is 0 Å². The van der Waals surface area contributed by atoms with Crippen LogP contribution in [0.2, 0.25) is 0 Å². The van der Waals surface area contributed by atoms with E-state index in [0.717, 1.165) is 44.9 Å². The van der Waals surface area contributed by atoms with Gasteiger partial charge in [-0.05, 0) is 56.3 Å². The highest BCUT2D eigenvalue weighted by molar-refractivity contribution is 7.90. The fourth-order valence-corrected chi connectivity index (χ4v) is 7.98. The van der Waals surface area contributed by atoms with Crippen molar-refractivity contribution in [3.8, 4) is 0 Å². The Balaban J connectivity index is 1.68. The lowest BCUT2D eigenvalue weighted by atomic mass is 9.69. The second-order valence-electron chi connectivity index (χ2n) is 8.47. The molecule has 5 heteroatoms. The van der Waals surface area contributed by atoms with Gasteiger partial charge < -0.3 is 0 Å². The molecule has 4 nitrogen and oxygen atoms in total. The Morgan fingerprint density at radius 3 is 2.60 bits per heavy atom. The fourth-order valence-electron chi connectivity index (χ4n) is 5.47. The minimum absolute atomic E-state index is 0.00902. The summed E-state index contributed by atoms with van der Waals surface area (Å²) >= 11 is 0. The summed E-state index contributed by atoms with van der Waals surface area (Å²) in [5.41, 5.74) is -0.222. The molecular weight excluding hydrogens is 334 g/mol. The van der Waals surface area contributed by atoms with Crippen LogP contribution in [0.25, 0.3) is 0 Å². The van der Waals surface area contributed by atoms with Gasteiger partial charge in [-0.3, -0.25) is 4.79 Å². The van der Waals surface area contributed by atoms with Gasteiger partial charge in [0.15, 0.2) is 0 Å². The third kappa shape index (κ3) is 2.88. The summed E-state index contributed by atoms with van der Waals surface area (Å²) < 4.78 is 26.8. The van der Waals surface area contributed by atoms with Crippen LogP contribution in [0.5, 0.6) is 0 Å². The van der Waals surface area contributed by atoms with Crippen molar-refractivity contribution in [3.05, 3.63) is 24.3 Å². The number of amides is 1. The predicted molar refractivity (Wildman–Crippen MR) is 100 cm³/mol. The van der Waals surface area contributed by atoms with E-state index < -0.39 is 10.0 Å². The Hall–Kier alpha value is -1.10. The first-order valence-electron chi connectivity index (χ1n) is 9.64. The molecule has 1 spiro atoms. The summed E-state index contributed by atoms with van der Waals surface area (Å²) in [7, 11) is -3.49. The van der Waals surface area contributed by atoms with Crippen molar-refractivity contribution in [1.29, 1.82) is 0 Å². The fraction of sp³-hybridized carbons (Fsp3) is 0.750. The largest absolute Gasteiger partial charge is 0.269 e. The van der Waals surface area contributed by atoms with Crippen molar-refractivity contribution >= 4 is 15.9 Å². The standard InChI is InChI=1S/C20H31NO3S/c1-4-5-6-7-8-9-10-11-18(22)21-17-14-16-12-13-20(17,19(16,2)3)15-25(21,23)24/h5-6,10-11,16-17H,4,7-9,12-15H2,1-3H3/b6-5-,11-10+/t16-,17-,20-/m1/s1. The van der Waals surface area contributed by atoms with Gasteiger partial charge in [-0.2, -0.15) is 0 Å². The zero-order chi connectivity index (χ0) is 18.3. The van der Waals surface area contributed by atoms with Gasteiger partial charge in [-0.1, -0.05) is 39.0 Å². The van der Waals surface area contributed by atoms with Crippen molar-refractivity contribution in [2.24, 2.45) is 16.7 Å². The van der Waals surface area contributed by atoms with E-state index in [9.17, 15) is 13.2 Å². The van der Waals surface area contributed by atoms with Gasteiger partial charge >= 0.3 is 0 Å². The maximum atomic E-state index is 12.8. The molecule has 0 aromatic carbocycles. The van der Waals surface area contributed by atoms with Crippen LogP contribution in [-0.2, 0) is 14.8 Å². The summed E-state index contributed by atoms with van der Waals surface area (Å²) in [4.78, 5) is 12.7. The Labute approximate surface area is 152 Å². The first-order chi connectivity index (χ1) is 11.8. The Morgan fingerprint density at radius 2 is 1.92 bits per heavy atom. The molecule has 0 radical (unpaired) electrons. The monoisotopic (exact) mass is 365 g/mol. The molecule has 1 heterocycles. The molecule has 3 atom stereocenters. The highest BCUT2D eigenvalue weighted by atomic mass is 32.2. The summed E-state index contributed by atoms with van der Waals surface area (Å²) in [6, 6.07) is -0.129. The normalized spacial score (nSPS) is 35.1. The molecule has 1 amide bonds. The van der Waals surface area contributed by atoms with E-state index in [1.807, 2.05) is 6.08 Å². The van der Waals surface area contributed by atoms with Crippen LogP contribution in [0.1, 0.15) is 65.7 Å². The summed E-state index contributed by atoms with van der Waals surface area (Å²) in [6.07, 6.45) is 14.3. The highest BCUT2D eigenvalue weighted by Crippen LogP contribution is 2.69. The van der Waals surface area contributed by atoms with Crippen molar-refractivity contribution in [1.82, 2.24) is 4.31 Å². The first-order valence-corrected chi connectivity index (χ1v) is 11.2. The molecule has 2 aliphatic carbocycles. The van der Waals surface area contributed by atoms with Gasteiger partial charge in [0, 0.05) is 11.5 Å². The maximum absolute atomic E-state index is 12.8. The van der Waals surface area contributed by atoms with Gasteiger partial charge in [-0.25, -0.2) is 12.7 Å². The molecule has 1 saturated heterocycles. The maximum Gasteiger partial charge on any atom is 0.259 e. The van der Waals surface area contributed by atoms with Crippen LogP contribution in [-0.4, -0.2) is 30.4 Å². The van der Waals surface area contributed by atoms with Gasteiger partial charge in [-0.15, -0.1) is 0 Å². The van der Waals surface area contributed by atoms with E-state index in [2.05, 4.69) is 32.9 Å². The van der Waals surface area contributed by atoms with E-state index in [4.69, 9.17) is 0 Å². The Bertz CT molecular complexity index is 692. The molecule has 140 valence electrons. The topological polar surface area (TPSA) is 54.5 Å². The number of carbonyl (C=O) groups excluding carboxylic acids is 1. The molecule has 2 saturated carbocycles. The minimum Gasteiger partial charge on any atom is -0.269 e. The molecule has 1 aliphatic heterocycles. The smallest absolute Gasteiger partial charge is 0.259 e. The second-order valence-corrected chi connectivity index (χ2v) is 10.3. The zero-order valence-corrected chi connectivity index (χ0v) is 16.5. The number of hydrogen-bond donors (Lipinski definition) is 0. The summed E-state index contributed by atoms with van der Waals surface area (Å²) in [5, 5.41) is 0. The minimum atomic E-state index is -3.49. The number of carbonyl (C=O) groups is 1. The van der Waals surface area contributed by atoms with Gasteiger partial charge in [0.25, 0.3) is 5.91 Å². The van der Waals surface area contributed by atoms with Crippen LogP contribution in [0.4, 0.5) is 0 Å². The van der Waals surface area contributed by atoms with E-state index in [-0.39, 0.29) is 28.5 Å². The number of nitrogens with zero attached hydrogens (tertiary/aromatic N) is 1. The third-order valence-corrected chi connectivity index (χ3v) is 8.95. The van der Waals surface area contributed by atoms with Crippen molar-refractivity contribution < 1.29 is 13.2 Å². The van der Waals surface area contributed by atoms with Gasteiger partial charge in [0.05, 0.1) is 11.8 Å². The number of hydrogen-bond acceptors (Lipinski definition) is 3. The zero-order valence-electron chi connectivity index (χ0n) is 15.7. The molecule has 0 N–H and O–H groups in total. The SMILES string of the molecule is CC/C=C\CCC/C=C/C(=O)N1[C@@H]2C[C@H]3CC[C@]2(CS1(=O)=O)C3(C)C. The van der Waals surface area contributed by atoms with Gasteiger partial charge in [0.1, 0.15) is 0 Å². The molecule has 2 bridgehead atoms. The lowest BCUT2D eigenvalue weighted by Gasteiger charge is -2.36. The number of sulfonamides is 1. The second kappa shape index (κ2) is 6.57. The molecule has 3 aliphatic rings. The quantitative estimate of drug-likeness (QED) is 0.405. The highest BCUT2D eigenvalue weighted by Gasteiger charge is 2.72. The molecule has 25 heavy (non-hydrogen) atoms. The van der Waals surface area contributed by atoms with Gasteiger partial charge in [0.2, 0.25) is 10.0 Å². The molecular formula is C20H31NO3S.